The van der Waals surface area contributed by atoms with E-state index < -0.39 is 0 Å². The minimum atomic E-state index is 0.520. The second-order valence-electron chi connectivity index (χ2n) is 5.01. The maximum atomic E-state index is 4.24. The number of hydrogen-bond acceptors (Lipinski definition) is 3. The zero-order valence-corrected chi connectivity index (χ0v) is 11.2. The van der Waals surface area contributed by atoms with Gasteiger partial charge in [-0.05, 0) is 19.1 Å². The second kappa shape index (κ2) is 5.41. The van der Waals surface area contributed by atoms with Crippen molar-refractivity contribution in [2.75, 3.05) is 24.5 Å². The molecule has 3 nitrogen and oxygen atoms in total. The normalized spacial score (nSPS) is 19.4. The topological polar surface area (TPSA) is 28.2 Å². The van der Waals surface area contributed by atoms with E-state index in [-0.39, 0.29) is 0 Å². The van der Waals surface area contributed by atoms with E-state index in [0.29, 0.717) is 6.04 Å². The summed E-state index contributed by atoms with van der Waals surface area (Å²) in [7, 11) is 0. The molecule has 2 heterocycles. The molecule has 98 valence electrons. The van der Waals surface area contributed by atoms with E-state index in [9.17, 15) is 0 Å². The van der Waals surface area contributed by atoms with E-state index in [1.54, 1.807) is 0 Å². The van der Waals surface area contributed by atoms with Crippen LogP contribution in [0.5, 0.6) is 0 Å². The van der Waals surface area contributed by atoms with Crippen molar-refractivity contribution in [3.8, 4) is 11.1 Å². The van der Waals surface area contributed by atoms with Crippen LogP contribution in [0.25, 0.3) is 11.1 Å². The van der Waals surface area contributed by atoms with Gasteiger partial charge in [-0.2, -0.15) is 0 Å². The van der Waals surface area contributed by atoms with Crippen LogP contribution < -0.4 is 10.2 Å². The zero-order valence-electron chi connectivity index (χ0n) is 11.2. The summed E-state index contributed by atoms with van der Waals surface area (Å²) < 4.78 is 0. The molecule has 0 radical (unpaired) electrons. The minimum absolute atomic E-state index is 0.520. The molecule has 19 heavy (non-hydrogen) atoms. The van der Waals surface area contributed by atoms with Crippen LogP contribution in [0.1, 0.15) is 6.92 Å². The van der Waals surface area contributed by atoms with Crippen LogP contribution in [0.3, 0.4) is 0 Å². The molecular formula is C16H19N3. The maximum absolute atomic E-state index is 4.24. The quantitative estimate of drug-likeness (QED) is 0.891. The van der Waals surface area contributed by atoms with Crippen molar-refractivity contribution in [3.63, 3.8) is 0 Å². The average Bonchev–Trinajstić information content (AvgIpc) is 2.49. The Hall–Kier alpha value is -1.87. The Labute approximate surface area is 114 Å². The molecule has 1 aliphatic rings. The van der Waals surface area contributed by atoms with Crippen molar-refractivity contribution < 1.29 is 0 Å². The number of piperazine rings is 1. The highest BCUT2D eigenvalue weighted by molar-refractivity contribution is 5.78. The van der Waals surface area contributed by atoms with Gasteiger partial charge in [0.25, 0.3) is 0 Å². The third-order valence-corrected chi connectivity index (χ3v) is 3.69. The summed E-state index contributed by atoms with van der Waals surface area (Å²) in [6.07, 6.45) is 3.76. The Bertz CT molecular complexity index is 539. The van der Waals surface area contributed by atoms with Gasteiger partial charge in [0.2, 0.25) is 0 Å². The molecular weight excluding hydrogens is 234 g/mol. The monoisotopic (exact) mass is 253 g/mol. The van der Waals surface area contributed by atoms with Crippen LogP contribution in [0.2, 0.25) is 0 Å². The fourth-order valence-electron chi connectivity index (χ4n) is 2.69. The molecule has 0 spiro atoms. The fourth-order valence-corrected chi connectivity index (χ4v) is 2.69. The third kappa shape index (κ3) is 2.47. The lowest BCUT2D eigenvalue weighted by molar-refractivity contribution is 0.501. The minimum Gasteiger partial charge on any atom is -0.366 e. The first-order chi connectivity index (χ1) is 9.36. The van der Waals surface area contributed by atoms with Crippen LogP contribution >= 0.6 is 0 Å². The summed E-state index contributed by atoms with van der Waals surface area (Å²) >= 11 is 0. The Morgan fingerprint density at radius 2 is 2.11 bits per heavy atom. The summed E-state index contributed by atoms with van der Waals surface area (Å²) in [6, 6.07) is 13.2. The highest BCUT2D eigenvalue weighted by Gasteiger charge is 2.20. The number of para-hydroxylation sites is 1. The first-order valence-electron chi connectivity index (χ1n) is 6.83. The summed E-state index contributed by atoms with van der Waals surface area (Å²) in [5.74, 6) is 0. The van der Waals surface area contributed by atoms with Gasteiger partial charge in [-0.15, -0.1) is 0 Å². The van der Waals surface area contributed by atoms with Crippen molar-refractivity contribution in [3.05, 3.63) is 48.8 Å². The van der Waals surface area contributed by atoms with Gasteiger partial charge >= 0.3 is 0 Å². The lowest BCUT2D eigenvalue weighted by atomic mass is 10.0. The molecule has 1 aromatic carbocycles. The van der Waals surface area contributed by atoms with Crippen LogP contribution in [0.4, 0.5) is 5.69 Å². The number of nitrogens with one attached hydrogen (secondary N) is 1. The molecule has 3 heteroatoms. The van der Waals surface area contributed by atoms with Gasteiger partial charge in [-0.1, -0.05) is 24.3 Å². The molecule has 0 aliphatic carbocycles. The Balaban J connectivity index is 2.02. The first-order valence-corrected chi connectivity index (χ1v) is 6.83. The van der Waals surface area contributed by atoms with Crippen molar-refractivity contribution in [2.45, 2.75) is 13.0 Å². The van der Waals surface area contributed by atoms with Crippen LogP contribution in [-0.4, -0.2) is 30.7 Å². The highest BCUT2D eigenvalue weighted by atomic mass is 15.2. The second-order valence-corrected chi connectivity index (χ2v) is 5.01. The third-order valence-electron chi connectivity index (χ3n) is 3.69. The SMILES string of the molecule is CC1CNCCN1c1ccccc1-c1cccnc1. The Kier molecular flexibility index (Phi) is 3.47. The molecule has 1 unspecified atom stereocenters. The van der Waals surface area contributed by atoms with E-state index >= 15 is 0 Å². The number of anilines is 1. The van der Waals surface area contributed by atoms with E-state index in [4.69, 9.17) is 0 Å². The molecule has 1 saturated heterocycles. The highest BCUT2D eigenvalue weighted by Crippen LogP contribution is 2.31. The smallest absolute Gasteiger partial charge is 0.0449 e. The number of aromatic nitrogens is 1. The average molecular weight is 253 g/mol. The lowest BCUT2D eigenvalue weighted by Crippen LogP contribution is -2.50. The number of pyridine rings is 1. The van der Waals surface area contributed by atoms with E-state index in [1.165, 1.54) is 16.8 Å². The van der Waals surface area contributed by atoms with Gasteiger partial charge in [0.15, 0.2) is 0 Å². The number of benzene rings is 1. The van der Waals surface area contributed by atoms with Crippen molar-refractivity contribution >= 4 is 5.69 Å². The Morgan fingerprint density at radius 3 is 2.89 bits per heavy atom. The fraction of sp³-hybridized carbons (Fsp3) is 0.312. The number of hydrogen-bond donors (Lipinski definition) is 1. The largest absolute Gasteiger partial charge is 0.366 e. The summed E-state index contributed by atoms with van der Waals surface area (Å²) in [4.78, 5) is 6.72. The van der Waals surface area contributed by atoms with Gasteiger partial charge < -0.3 is 10.2 Å². The molecule has 1 fully saturated rings. The van der Waals surface area contributed by atoms with Crippen molar-refractivity contribution in [1.82, 2.24) is 10.3 Å². The molecule has 0 bridgehead atoms. The molecule has 1 N–H and O–H groups in total. The summed E-state index contributed by atoms with van der Waals surface area (Å²) in [5, 5.41) is 3.44. The van der Waals surface area contributed by atoms with Gasteiger partial charge in [0.05, 0.1) is 0 Å². The van der Waals surface area contributed by atoms with E-state index in [1.807, 2.05) is 18.5 Å². The number of rotatable bonds is 2. The van der Waals surface area contributed by atoms with Gasteiger partial charge in [-0.25, -0.2) is 0 Å². The predicted molar refractivity (Wildman–Crippen MR) is 79.4 cm³/mol. The summed E-state index contributed by atoms with van der Waals surface area (Å²) in [5.41, 5.74) is 3.76. The maximum Gasteiger partial charge on any atom is 0.0449 e. The summed E-state index contributed by atoms with van der Waals surface area (Å²) in [6.45, 7) is 5.41. The molecule has 1 aliphatic heterocycles. The van der Waals surface area contributed by atoms with Crippen LogP contribution in [0, 0.1) is 0 Å². The molecule has 3 rings (SSSR count). The first kappa shape index (κ1) is 12.2. The van der Waals surface area contributed by atoms with E-state index in [2.05, 4.69) is 52.5 Å². The molecule has 0 amide bonds. The molecule has 1 aromatic heterocycles. The molecule has 1 atom stereocenters. The number of nitrogens with zero attached hydrogens (tertiary/aromatic N) is 2. The molecule has 2 aromatic rings. The zero-order chi connectivity index (χ0) is 13.1. The lowest BCUT2D eigenvalue weighted by Gasteiger charge is -2.37. The standard InChI is InChI=1S/C16H19N3/c1-13-11-18-9-10-19(13)16-7-3-2-6-15(16)14-5-4-8-17-12-14/h2-8,12-13,18H,9-11H2,1H3. The van der Waals surface area contributed by atoms with Crippen molar-refractivity contribution in [1.29, 1.82) is 0 Å². The van der Waals surface area contributed by atoms with E-state index in [0.717, 1.165) is 19.6 Å². The Morgan fingerprint density at radius 1 is 1.21 bits per heavy atom. The van der Waals surface area contributed by atoms with Gasteiger partial charge in [-0.3, -0.25) is 4.98 Å². The van der Waals surface area contributed by atoms with Gasteiger partial charge in [0, 0.05) is 54.9 Å². The van der Waals surface area contributed by atoms with Gasteiger partial charge in [0.1, 0.15) is 0 Å². The van der Waals surface area contributed by atoms with Crippen molar-refractivity contribution in [2.24, 2.45) is 0 Å². The van der Waals surface area contributed by atoms with Crippen LogP contribution in [0.15, 0.2) is 48.8 Å². The predicted octanol–water partition coefficient (Wildman–Crippen LogP) is 2.55. The molecule has 0 saturated carbocycles. The van der Waals surface area contributed by atoms with Crippen LogP contribution in [-0.2, 0) is 0 Å².